The van der Waals surface area contributed by atoms with Crippen LogP contribution >= 0.6 is 0 Å². The van der Waals surface area contributed by atoms with Gasteiger partial charge in [-0.05, 0) is 26.7 Å². The number of hydrogen-bond donors (Lipinski definition) is 0. The van der Waals surface area contributed by atoms with E-state index >= 15 is 0 Å². The summed E-state index contributed by atoms with van der Waals surface area (Å²) in [7, 11) is 0. The first-order valence-electron chi connectivity index (χ1n) is 9.25. The molecule has 3 rings (SSSR count). The highest BCUT2D eigenvalue weighted by Crippen LogP contribution is 2.37. The zero-order valence-corrected chi connectivity index (χ0v) is 15.7. The van der Waals surface area contributed by atoms with Crippen LogP contribution < -0.4 is 4.90 Å². The molecule has 0 amide bonds. The Balaban J connectivity index is 2.24. The number of aromatic nitrogens is 3. The van der Waals surface area contributed by atoms with Gasteiger partial charge in [0.15, 0.2) is 5.82 Å². The molecule has 0 aliphatic carbocycles. The third-order valence-electron chi connectivity index (χ3n) is 5.14. The molecule has 1 fully saturated rings. The Labute approximate surface area is 151 Å². The van der Waals surface area contributed by atoms with Crippen LogP contribution in [-0.2, 0) is 6.42 Å². The zero-order valence-electron chi connectivity index (χ0n) is 15.7. The summed E-state index contributed by atoms with van der Waals surface area (Å²) < 4.78 is 43.0. The Morgan fingerprint density at radius 3 is 2.50 bits per heavy atom. The molecule has 26 heavy (non-hydrogen) atoms. The van der Waals surface area contributed by atoms with Gasteiger partial charge in [-0.1, -0.05) is 13.8 Å². The molecule has 1 atom stereocenters. The average Bonchev–Trinajstić information content (AvgIpc) is 2.76. The smallest absolute Gasteiger partial charge is 0.250 e. The number of pyridine rings is 1. The monoisotopic (exact) mass is 366 g/mol. The van der Waals surface area contributed by atoms with Crippen LogP contribution in [0.15, 0.2) is 0 Å². The van der Waals surface area contributed by atoms with Gasteiger partial charge in [-0.3, -0.25) is 4.98 Å². The first-order chi connectivity index (χ1) is 12.3. The molecule has 3 heterocycles. The van der Waals surface area contributed by atoms with E-state index in [1.807, 2.05) is 18.7 Å². The van der Waals surface area contributed by atoms with Crippen LogP contribution in [0.4, 0.5) is 19.0 Å². The number of alkyl halides is 2. The van der Waals surface area contributed by atoms with Crippen molar-refractivity contribution in [1.82, 2.24) is 15.0 Å². The van der Waals surface area contributed by atoms with Crippen LogP contribution in [0.3, 0.4) is 0 Å². The third-order valence-corrected chi connectivity index (χ3v) is 5.14. The highest BCUT2D eigenvalue weighted by Gasteiger charge is 2.38. The Morgan fingerprint density at radius 1 is 1.12 bits per heavy atom. The summed E-state index contributed by atoms with van der Waals surface area (Å²) in [6, 6.07) is -0.348. The summed E-state index contributed by atoms with van der Waals surface area (Å²) in [6.07, 6.45) is 1.15. The molecular formula is C19H25F3N4. The van der Waals surface area contributed by atoms with Crippen LogP contribution in [0.5, 0.6) is 0 Å². The van der Waals surface area contributed by atoms with Crippen LogP contribution in [-0.4, -0.2) is 33.5 Å². The molecule has 0 saturated carbocycles. The summed E-state index contributed by atoms with van der Waals surface area (Å²) in [4.78, 5) is 15.2. The van der Waals surface area contributed by atoms with Crippen molar-refractivity contribution in [2.24, 2.45) is 0 Å². The molecule has 4 nitrogen and oxygen atoms in total. The van der Waals surface area contributed by atoms with E-state index in [2.05, 4.69) is 15.0 Å². The molecule has 0 N–H and O–H groups in total. The summed E-state index contributed by atoms with van der Waals surface area (Å²) >= 11 is 0. The summed E-state index contributed by atoms with van der Waals surface area (Å²) in [6.45, 7) is 7.67. The molecule has 0 aromatic carbocycles. The molecular weight excluding hydrogens is 341 g/mol. The maximum absolute atomic E-state index is 14.7. The number of halogens is 3. The predicted octanol–water partition coefficient (Wildman–Crippen LogP) is 4.75. The molecule has 0 spiro atoms. The third kappa shape index (κ3) is 3.35. The van der Waals surface area contributed by atoms with Gasteiger partial charge >= 0.3 is 0 Å². The maximum Gasteiger partial charge on any atom is 0.250 e. The van der Waals surface area contributed by atoms with Crippen LogP contribution in [0.2, 0.25) is 0 Å². The quantitative estimate of drug-likeness (QED) is 0.786. The van der Waals surface area contributed by atoms with E-state index in [-0.39, 0.29) is 30.1 Å². The topological polar surface area (TPSA) is 41.9 Å². The van der Waals surface area contributed by atoms with E-state index in [1.165, 1.54) is 0 Å². The molecule has 2 aromatic heterocycles. The van der Waals surface area contributed by atoms with E-state index in [0.29, 0.717) is 48.5 Å². The molecule has 142 valence electrons. The van der Waals surface area contributed by atoms with Crippen molar-refractivity contribution >= 4 is 16.7 Å². The van der Waals surface area contributed by atoms with E-state index in [4.69, 9.17) is 0 Å². The SMILES string of the molecule is CCc1nc(N2CCCC(F)(F)CC2CC)c2c(C)nc(C)c(F)c2n1. The zero-order chi connectivity index (χ0) is 19.1. The fourth-order valence-electron chi connectivity index (χ4n) is 3.77. The number of aryl methyl sites for hydroxylation is 3. The van der Waals surface area contributed by atoms with Gasteiger partial charge in [-0.25, -0.2) is 23.1 Å². The van der Waals surface area contributed by atoms with Crippen molar-refractivity contribution in [3.63, 3.8) is 0 Å². The maximum atomic E-state index is 14.7. The highest BCUT2D eigenvalue weighted by molar-refractivity contribution is 5.92. The summed E-state index contributed by atoms with van der Waals surface area (Å²) in [5.41, 5.74) is 1.15. The van der Waals surface area contributed by atoms with Gasteiger partial charge < -0.3 is 4.90 Å². The van der Waals surface area contributed by atoms with Crippen molar-refractivity contribution in [3.05, 3.63) is 23.0 Å². The largest absolute Gasteiger partial charge is 0.353 e. The molecule has 0 bridgehead atoms. The summed E-state index contributed by atoms with van der Waals surface area (Å²) in [5, 5.41) is 0.536. The minimum atomic E-state index is -2.68. The number of anilines is 1. The molecule has 1 unspecified atom stereocenters. The first-order valence-corrected chi connectivity index (χ1v) is 9.25. The second-order valence-electron chi connectivity index (χ2n) is 7.06. The lowest BCUT2D eigenvalue weighted by Gasteiger charge is -2.32. The summed E-state index contributed by atoms with van der Waals surface area (Å²) in [5.74, 6) is -2.08. The van der Waals surface area contributed by atoms with Crippen molar-refractivity contribution in [2.75, 3.05) is 11.4 Å². The highest BCUT2D eigenvalue weighted by atomic mass is 19.3. The molecule has 1 aliphatic heterocycles. The van der Waals surface area contributed by atoms with Gasteiger partial charge in [0.25, 0.3) is 0 Å². The Kier molecular flexibility index (Phi) is 5.08. The Morgan fingerprint density at radius 2 is 1.85 bits per heavy atom. The number of fused-ring (bicyclic) bond motifs is 1. The number of nitrogens with zero attached hydrogens (tertiary/aromatic N) is 4. The van der Waals surface area contributed by atoms with Crippen LogP contribution in [0, 0.1) is 19.7 Å². The Hall–Kier alpha value is -1.92. The lowest BCUT2D eigenvalue weighted by atomic mass is 10.0. The standard InChI is InChI=1S/C19H25F3N4/c1-5-13-10-19(21,22)8-7-9-26(13)18-15-11(3)23-12(4)16(20)17(15)24-14(6-2)25-18/h13H,5-10H2,1-4H3. The molecule has 1 saturated heterocycles. The van der Waals surface area contributed by atoms with E-state index < -0.39 is 11.7 Å². The van der Waals surface area contributed by atoms with Crippen molar-refractivity contribution in [3.8, 4) is 0 Å². The van der Waals surface area contributed by atoms with Gasteiger partial charge in [0.2, 0.25) is 5.92 Å². The minimum absolute atomic E-state index is 0.131. The van der Waals surface area contributed by atoms with E-state index in [1.54, 1.807) is 13.8 Å². The van der Waals surface area contributed by atoms with Gasteiger partial charge in [-0.15, -0.1) is 0 Å². The second-order valence-corrected chi connectivity index (χ2v) is 7.06. The Bertz CT molecular complexity index is 822. The van der Waals surface area contributed by atoms with E-state index in [0.717, 1.165) is 0 Å². The van der Waals surface area contributed by atoms with Gasteiger partial charge in [0, 0.05) is 31.8 Å². The number of hydrogen-bond acceptors (Lipinski definition) is 4. The normalized spacial score (nSPS) is 20.4. The lowest BCUT2D eigenvalue weighted by Crippen LogP contribution is -2.37. The van der Waals surface area contributed by atoms with Gasteiger partial charge in [0.1, 0.15) is 17.2 Å². The van der Waals surface area contributed by atoms with Crippen molar-refractivity contribution in [2.45, 2.75) is 71.8 Å². The molecule has 2 aromatic rings. The van der Waals surface area contributed by atoms with Crippen molar-refractivity contribution in [1.29, 1.82) is 0 Å². The first kappa shape index (κ1) is 18.9. The lowest BCUT2D eigenvalue weighted by molar-refractivity contribution is -0.0176. The fraction of sp³-hybridized carbons (Fsp3) is 0.632. The molecule has 1 aliphatic rings. The van der Waals surface area contributed by atoms with Crippen molar-refractivity contribution < 1.29 is 13.2 Å². The minimum Gasteiger partial charge on any atom is -0.353 e. The van der Waals surface area contributed by atoms with Crippen LogP contribution in [0.25, 0.3) is 10.9 Å². The van der Waals surface area contributed by atoms with Gasteiger partial charge in [-0.2, -0.15) is 0 Å². The number of rotatable bonds is 3. The average molecular weight is 366 g/mol. The van der Waals surface area contributed by atoms with Gasteiger partial charge in [0.05, 0.1) is 16.8 Å². The predicted molar refractivity (Wildman–Crippen MR) is 96.4 cm³/mol. The molecule has 7 heteroatoms. The fourth-order valence-corrected chi connectivity index (χ4v) is 3.77. The second kappa shape index (κ2) is 7.00. The van der Waals surface area contributed by atoms with Crippen LogP contribution in [0.1, 0.15) is 56.7 Å². The van der Waals surface area contributed by atoms with E-state index in [9.17, 15) is 13.2 Å². The molecule has 0 radical (unpaired) electrons.